The summed E-state index contributed by atoms with van der Waals surface area (Å²) in [5.41, 5.74) is 3.73. The number of benzene rings is 2. The van der Waals surface area contributed by atoms with Crippen molar-refractivity contribution in [2.45, 2.75) is 20.3 Å². The maximum absolute atomic E-state index is 12.6. The van der Waals surface area contributed by atoms with Crippen molar-refractivity contribution < 1.29 is 14.4 Å². The van der Waals surface area contributed by atoms with Crippen molar-refractivity contribution >= 4 is 34.7 Å². The minimum Gasteiger partial charge on any atom is -0.350 e. The predicted molar refractivity (Wildman–Crippen MR) is 105 cm³/mol. The van der Waals surface area contributed by atoms with E-state index in [1.807, 2.05) is 24.3 Å². The molecular weight excluding hydrogens is 342 g/mol. The third-order valence-corrected chi connectivity index (χ3v) is 4.41. The van der Waals surface area contributed by atoms with E-state index in [9.17, 15) is 14.4 Å². The highest BCUT2D eigenvalue weighted by Gasteiger charge is 2.36. The van der Waals surface area contributed by atoms with Gasteiger partial charge in [0.05, 0.1) is 5.57 Å². The van der Waals surface area contributed by atoms with Gasteiger partial charge in [-0.2, -0.15) is 0 Å². The van der Waals surface area contributed by atoms with Crippen LogP contribution >= 0.6 is 0 Å². The van der Waals surface area contributed by atoms with Gasteiger partial charge in [0.2, 0.25) is 5.91 Å². The zero-order chi connectivity index (χ0) is 19.6. The van der Waals surface area contributed by atoms with Gasteiger partial charge in [0, 0.05) is 25.3 Å². The molecule has 0 unspecified atom stereocenters. The zero-order valence-electron chi connectivity index (χ0n) is 15.5. The van der Waals surface area contributed by atoms with E-state index in [2.05, 4.69) is 17.6 Å². The maximum Gasteiger partial charge on any atom is 0.277 e. The first-order valence-electron chi connectivity index (χ1n) is 8.71. The van der Waals surface area contributed by atoms with Crippen molar-refractivity contribution in [3.8, 4) is 0 Å². The van der Waals surface area contributed by atoms with Gasteiger partial charge in [0.25, 0.3) is 11.8 Å². The fourth-order valence-corrected chi connectivity index (χ4v) is 2.92. The summed E-state index contributed by atoms with van der Waals surface area (Å²) in [6, 6.07) is 14.6. The van der Waals surface area contributed by atoms with Crippen LogP contribution in [0.2, 0.25) is 0 Å². The Morgan fingerprint density at radius 1 is 0.926 bits per heavy atom. The van der Waals surface area contributed by atoms with Crippen molar-refractivity contribution in [1.29, 1.82) is 0 Å². The van der Waals surface area contributed by atoms with E-state index in [0.29, 0.717) is 16.8 Å². The summed E-state index contributed by atoms with van der Waals surface area (Å²) in [6.45, 7) is 3.50. The monoisotopic (exact) mass is 363 g/mol. The molecule has 6 nitrogen and oxygen atoms in total. The number of likely N-dealkylation sites (N-methyl/N-ethyl adjacent to an activating group) is 1. The normalized spacial score (nSPS) is 14.0. The van der Waals surface area contributed by atoms with E-state index in [1.54, 1.807) is 24.3 Å². The summed E-state index contributed by atoms with van der Waals surface area (Å²) in [5, 5.41) is 5.78. The summed E-state index contributed by atoms with van der Waals surface area (Å²) in [5.74, 6) is -0.910. The molecule has 0 radical (unpaired) electrons. The van der Waals surface area contributed by atoms with Gasteiger partial charge in [-0.15, -0.1) is 0 Å². The molecule has 1 aliphatic heterocycles. The molecule has 0 saturated carbocycles. The summed E-state index contributed by atoms with van der Waals surface area (Å²) < 4.78 is 0. The molecular formula is C21H21N3O3. The highest BCUT2D eigenvalue weighted by molar-refractivity contribution is 6.36. The van der Waals surface area contributed by atoms with E-state index in [1.165, 1.54) is 19.5 Å². The molecule has 0 fully saturated rings. The second-order valence-electron chi connectivity index (χ2n) is 6.35. The number of carbonyl (C=O) groups is 3. The van der Waals surface area contributed by atoms with Gasteiger partial charge in [-0.25, -0.2) is 0 Å². The number of nitrogens with one attached hydrogen (secondary N) is 2. The maximum atomic E-state index is 12.6. The molecule has 0 spiro atoms. The number of aryl methyl sites for hydroxylation is 1. The summed E-state index contributed by atoms with van der Waals surface area (Å²) in [7, 11) is 1.46. The third kappa shape index (κ3) is 3.74. The second-order valence-corrected chi connectivity index (χ2v) is 6.35. The molecule has 0 atom stereocenters. The molecule has 1 heterocycles. The Hall–Kier alpha value is -3.41. The Labute approximate surface area is 157 Å². The number of carbonyl (C=O) groups excluding carboxylic acids is 3. The standard InChI is InChI=1S/C21H21N3O3/c1-4-14-5-9-17(10-6-14)23-19-18(20(26)24(3)21(19)27)15-7-11-16(12-8-15)22-13(2)25/h5-12,23H,4H2,1-3H3,(H,22,25). The lowest BCUT2D eigenvalue weighted by Crippen LogP contribution is -2.27. The van der Waals surface area contributed by atoms with Crippen molar-refractivity contribution in [2.75, 3.05) is 17.7 Å². The molecule has 138 valence electrons. The average molecular weight is 363 g/mol. The van der Waals surface area contributed by atoms with Gasteiger partial charge in [0.15, 0.2) is 0 Å². The van der Waals surface area contributed by atoms with E-state index in [4.69, 9.17) is 0 Å². The van der Waals surface area contributed by atoms with Crippen LogP contribution in [0.5, 0.6) is 0 Å². The largest absolute Gasteiger partial charge is 0.350 e. The molecule has 6 heteroatoms. The molecule has 27 heavy (non-hydrogen) atoms. The van der Waals surface area contributed by atoms with Gasteiger partial charge in [-0.3, -0.25) is 19.3 Å². The van der Waals surface area contributed by atoms with E-state index < -0.39 is 0 Å². The lowest BCUT2D eigenvalue weighted by molar-refractivity contribution is -0.135. The minimum absolute atomic E-state index is 0.174. The Balaban J connectivity index is 1.97. The number of hydrogen-bond acceptors (Lipinski definition) is 4. The highest BCUT2D eigenvalue weighted by Crippen LogP contribution is 2.30. The van der Waals surface area contributed by atoms with Crippen LogP contribution in [0.4, 0.5) is 11.4 Å². The molecule has 2 aromatic rings. The van der Waals surface area contributed by atoms with Gasteiger partial charge in [0.1, 0.15) is 5.70 Å². The van der Waals surface area contributed by atoms with E-state index in [-0.39, 0.29) is 23.4 Å². The van der Waals surface area contributed by atoms with Crippen LogP contribution in [0.1, 0.15) is 25.0 Å². The predicted octanol–water partition coefficient (Wildman–Crippen LogP) is 3.03. The summed E-state index contributed by atoms with van der Waals surface area (Å²) in [4.78, 5) is 37.4. The van der Waals surface area contributed by atoms with E-state index >= 15 is 0 Å². The van der Waals surface area contributed by atoms with Crippen LogP contribution in [0, 0.1) is 0 Å². The number of anilines is 2. The number of rotatable bonds is 5. The molecule has 1 aliphatic rings. The van der Waals surface area contributed by atoms with E-state index in [0.717, 1.165) is 17.0 Å². The molecule has 2 aromatic carbocycles. The molecule has 2 N–H and O–H groups in total. The second kappa shape index (κ2) is 7.45. The molecule has 0 aromatic heterocycles. The fourth-order valence-electron chi connectivity index (χ4n) is 2.92. The Morgan fingerprint density at radius 3 is 2.07 bits per heavy atom. The quantitative estimate of drug-likeness (QED) is 0.801. The lowest BCUT2D eigenvalue weighted by Gasteiger charge is -2.09. The minimum atomic E-state index is -0.375. The Kier molecular flexibility index (Phi) is 5.07. The zero-order valence-corrected chi connectivity index (χ0v) is 15.5. The Morgan fingerprint density at radius 2 is 1.52 bits per heavy atom. The van der Waals surface area contributed by atoms with Crippen LogP contribution < -0.4 is 10.6 Å². The topological polar surface area (TPSA) is 78.5 Å². The first-order chi connectivity index (χ1) is 12.9. The Bertz CT molecular complexity index is 928. The van der Waals surface area contributed by atoms with Gasteiger partial charge in [-0.1, -0.05) is 31.2 Å². The smallest absolute Gasteiger partial charge is 0.277 e. The number of nitrogens with zero attached hydrogens (tertiary/aromatic N) is 1. The molecule has 0 bridgehead atoms. The molecule has 0 aliphatic carbocycles. The third-order valence-electron chi connectivity index (χ3n) is 4.41. The SMILES string of the molecule is CCc1ccc(NC2=C(c3ccc(NC(C)=O)cc3)C(=O)N(C)C2=O)cc1. The van der Waals surface area contributed by atoms with Crippen LogP contribution in [-0.4, -0.2) is 29.7 Å². The van der Waals surface area contributed by atoms with Crippen LogP contribution in [0.25, 0.3) is 5.57 Å². The number of hydrogen-bond donors (Lipinski definition) is 2. The van der Waals surface area contributed by atoms with Gasteiger partial charge < -0.3 is 10.6 Å². The first kappa shape index (κ1) is 18.4. The molecule has 3 amide bonds. The molecule has 3 rings (SSSR count). The van der Waals surface area contributed by atoms with Crippen molar-refractivity contribution in [3.63, 3.8) is 0 Å². The van der Waals surface area contributed by atoms with Gasteiger partial charge >= 0.3 is 0 Å². The molecule has 0 saturated heterocycles. The van der Waals surface area contributed by atoms with Crippen LogP contribution in [-0.2, 0) is 20.8 Å². The summed E-state index contributed by atoms with van der Waals surface area (Å²) in [6.07, 6.45) is 0.926. The van der Waals surface area contributed by atoms with Crippen molar-refractivity contribution in [3.05, 3.63) is 65.4 Å². The van der Waals surface area contributed by atoms with Gasteiger partial charge in [-0.05, 0) is 41.8 Å². The lowest BCUT2D eigenvalue weighted by atomic mass is 10.0. The van der Waals surface area contributed by atoms with Crippen LogP contribution in [0.3, 0.4) is 0 Å². The average Bonchev–Trinajstić information content (AvgIpc) is 2.87. The van der Waals surface area contributed by atoms with Crippen molar-refractivity contribution in [1.82, 2.24) is 4.90 Å². The first-order valence-corrected chi connectivity index (χ1v) is 8.71. The number of imide groups is 1. The fraction of sp³-hybridized carbons (Fsp3) is 0.190. The highest BCUT2D eigenvalue weighted by atomic mass is 16.2. The van der Waals surface area contributed by atoms with Crippen molar-refractivity contribution in [2.24, 2.45) is 0 Å². The van der Waals surface area contributed by atoms with Crippen LogP contribution in [0.15, 0.2) is 54.2 Å². The number of amides is 3. The summed E-state index contributed by atoms with van der Waals surface area (Å²) >= 11 is 0.